The lowest BCUT2D eigenvalue weighted by atomic mass is 10.1. The molecule has 0 unspecified atom stereocenters. The monoisotopic (exact) mass is 188 g/mol. The van der Waals surface area contributed by atoms with Gasteiger partial charge in [-0.05, 0) is 31.4 Å². The van der Waals surface area contributed by atoms with E-state index >= 15 is 0 Å². The maximum Gasteiger partial charge on any atom is 0.148 e. The van der Waals surface area contributed by atoms with Crippen molar-refractivity contribution in [2.75, 3.05) is 6.61 Å². The van der Waals surface area contributed by atoms with Crippen molar-refractivity contribution >= 4 is 11.0 Å². The van der Waals surface area contributed by atoms with Crippen LogP contribution in [-0.2, 0) is 6.42 Å². The maximum atomic E-state index is 5.68. The minimum Gasteiger partial charge on any atom is -0.491 e. The average molecular weight is 188 g/mol. The molecule has 0 amide bonds. The zero-order chi connectivity index (χ0) is 9.54. The second-order valence-corrected chi connectivity index (χ2v) is 3.72. The van der Waals surface area contributed by atoms with E-state index in [1.807, 2.05) is 6.92 Å². The lowest BCUT2D eigenvalue weighted by Crippen LogP contribution is -2.08. The molecule has 1 aromatic heterocycles. The number of benzene rings is 1. The number of aromatic amines is 1. The van der Waals surface area contributed by atoms with Crippen molar-refractivity contribution in [2.24, 2.45) is 0 Å². The minimum atomic E-state index is 0.824. The Morgan fingerprint density at radius 1 is 1.43 bits per heavy atom. The molecule has 1 aromatic carbocycles. The smallest absolute Gasteiger partial charge is 0.148 e. The van der Waals surface area contributed by atoms with Crippen LogP contribution in [0.15, 0.2) is 12.1 Å². The van der Waals surface area contributed by atoms with Gasteiger partial charge in [0.15, 0.2) is 0 Å². The van der Waals surface area contributed by atoms with Gasteiger partial charge in [0.05, 0.1) is 12.1 Å². The third-order valence-electron chi connectivity index (χ3n) is 2.65. The molecule has 14 heavy (non-hydrogen) atoms. The quantitative estimate of drug-likeness (QED) is 0.688. The summed E-state index contributed by atoms with van der Waals surface area (Å²) in [6, 6.07) is 4.18. The molecule has 0 atom stereocenters. The van der Waals surface area contributed by atoms with Crippen LogP contribution in [-0.4, -0.2) is 16.6 Å². The van der Waals surface area contributed by atoms with Crippen molar-refractivity contribution in [1.29, 1.82) is 0 Å². The third-order valence-corrected chi connectivity index (χ3v) is 2.65. The van der Waals surface area contributed by atoms with E-state index in [-0.39, 0.29) is 0 Å². The summed E-state index contributed by atoms with van der Waals surface area (Å²) in [5.74, 6) is 1.96. The van der Waals surface area contributed by atoms with E-state index in [0.29, 0.717) is 0 Å². The predicted molar refractivity (Wildman–Crippen MR) is 54.6 cm³/mol. The Kier molecular flexibility index (Phi) is 1.54. The highest BCUT2D eigenvalue weighted by molar-refractivity contribution is 5.83. The van der Waals surface area contributed by atoms with Crippen LogP contribution in [0.1, 0.15) is 17.8 Å². The van der Waals surface area contributed by atoms with Crippen molar-refractivity contribution in [3.63, 3.8) is 0 Å². The number of aryl methyl sites for hydroxylation is 2. The van der Waals surface area contributed by atoms with E-state index in [0.717, 1.165) is 42.1 Å². The highest BCUT2D eigenvalue weighted by Gasteiger charge is 2.15. The van der Waals surface area contributed by atoms with Crippen LogP contribution < -0.4 is 4.74 Å². The van der Waals surface area contributed by atoms with Gasteiger partial charge in [-0.3, -0.25) is 0 Å². The van der Waals surface area contributed by atoms with Crippen LogP contribution in [0.2, 0.25) is 0 Å². The first kappa shape index (κ1) is 7.85. The van der Waals surface area contributed by atoms with E-state index in [2.05, 4.69) is 22.1 Å². The van der Waals surface area contributed by atoms with Crippen LogP contribution in [0.3, 0.4) is 0 Å². The van der Waals surface area contributed by atoms with Gasteiger partial charge >= 0.3 is 0 Å². The van der Waals surface area contributed by atoms with Crippen molar-refractivity contribution in [2.45, 2.75) is 19.8 Å². The summed E-state index contributed by atoms with van der Waals surface area (Å²) < 4.78 is 5.68. The number of imidazole rings is 1. The molecule has 1 aliphatic rings. The number of nitrogens with zero attached hydrogens (tertiary/aromatic N) is 1. The number of hydrogen-bond acceptors (Lipinski definition) is 2. The normalized spacial score (nSPS) is 15.2. The number of nitrogens with one attached hydrogen (secondary N) is 1. The van der Waals surface area contributed by atoms with E-state index in [1.165, 1.54) is 5.56 Å². The van der Waals surface area contributed by atoms with Crippen molar-refractivity contribution in [3.05, 3.63) is 23.5 Å². The van der Waals surface area contributed by atoms with Crippen LogP contribution in [0.4, 0.5) is 0 Å². The Bertz CT molecular complexity index is 487. The number of aromatic nitrogens is 2. The number of ether oxygens (including phenoxy) is 1. The molecule has 0 spiro atoms. The molecular weight excluding hydrogens is 176 g/mol. The van der Waals surface area contributed by atoms with Gasteiger partial charge in [0.1, 0.15) is 17.1 Å². The van der Waals surface area contributed by atoms with Gasteiger partial charge < -0.3 is 9.72 Å². The molecule has 1 N–H and O–H groups in total. The fraction of sp³-hybridized carbons (Fsp3) is 0.364. The van der Waals surface area contributed by atoms with Crippen molar-refractivity contribution in [1.82, 2.24) is 9.97 Å². The van der Waals surface area contributed by atoms with Crippen LogP contribution in [0.5, 0.6) is 5.75 Å². The number of hydrogen-bond donors (Lipinski definition) is 1. The van der Waals surface area contributed by atoms with E-state index in [1.54, 1.807) is 0 Å². The van der Waals surface area contributed by atoms with E-state index < -0.39 is 0 Å². The number of fused-ring (bicyclic) bond motifs is 3. The van der Waals surface area contributed by atoms with Crippen LogP contribution in [0, 0.1) is 6.92 Å². The fourth-order valence-electron chi connectivity index (χ4n) is 2.02. The molecule has 0 fully saturated rings. The largest absolute Gasteiger partial charge is 0.491 e. The first-order valence-electron chi connectivity index (χ1n) is 4.95. The zero-order valence-electron chi connectivity index (χ0n) is 8.13. The molecule has 0 saturated heterocycles. The van der Waals surface area contributed by atoms with Crippen LogP contribution in [0.25, 0.3) is 11.0 Å². The molecule has 72 valence electrons. The SMILES string of the molecule is Cc1nc2ccc3c(c2[nH]1)OCCC3. The molecule has 2 heterocycles. The lowest BCUT2D eigenvalue weighted by molar-refractivity contribution is 0.291. The summed E-state index contributed by atoms with van der Waals surface area (Å²) >= 11 is 0. The summed E-state index contributed by atoms with van der Waals surface area (Å²) in [6.45, 7) is 2.79. The Morgan fingerprint density at radius 3 is 3.29 bits per heavy atom. The summed E-state index contributed by atoms with van der Waals surface area (Å²) in [4.78, 5) is 7.64. The summed E-state index contributed by atoms with van der Waals surface area (Å²) in [6.07, 6.45) is 2.23. The number of rotatable bonds is 0. The van der Waals surface area contributed by atoms with Gasteiger partial charge in [0.2, 0.25) is 0 Å². The Labute approximate surface area is 82.1 Å². The second kappa shape index (κ2) is 2.74. The predicted octanol–water partition coefficient (Wildman–Crippen LogP) is 2.20. The second-order valence-electron chi connectivity index (χ2n) is 3.72. The van der Waals surface area contributed by atoms with Crippen molar-refractivity contribution < 1.29 is 4.74 Å². The van der Waals surface area contributed by atoms with Crippen molar-refractivity contribution in [3.8, 4) is 5.75 Å². The van der Waals surface area contributed by atoms with E-state index in [9.17, 15) is 0 Å². The Hall–Kier alpha value is -1.51. The highest BCUT2D eigenvalue weighted by atomic mass is 16.5. The van der Waals surface area contributed by atoms with Gasteiger partial charge in [-0.1, -0.05) is 6.07 Å². The zero-order valence-corrected chi connectivity index (χ0v) is 8.13. The molecule has 0 bridgehead atoms. The average Bonchev–Trinajstić information content (AvgIpc) is 2.59. The standard InChI is InChI=1S/C11H12N2O/c1-7-12-9-5-4-8-3-2-6-14-11(8)10(9)13-7/h4-5H,2-3,6H2,1H3,(H,12,13). The summed E-state index contributed by atoms with van der Waals surface area (Å²) in [5, 5.41) is 0. The fourth-order valence-corrected chi connectivity index (χ4v) is 2.02. The maximum absolute atomic E-state index is 5.68. The van der Waals surface area contributed by atoms with Gasteiger partial charge in [0.25, 0.3) is 0 Å². The molecule has 0 saturated carbocycles. The first-order valence-corrected chi connectivity index (χ1v) is 4.95. The highest BCUT2D eigenvalue weighted by Crippen LogP contribution is 2.31. The molecule has 1 aliphatic heterocycles. The topological polar surface area (TPSA) is 37.9 Å². The van der Waals surface area contributed by atoms with Gasteiger partial charge in [-0.25, -0.2) is 4.98 Å². The number of H-pyrrole nitrogens is 1. The third kappa shape index (κ3) is 1.02. The molecule has 3 nitrogen and oxygen atoms in total. The summed E-state index contributed by atoms with van der Waals surface area (Å²) in [5.41, 5.74) is 3.36. The first-order chi connectivity index (χ1) is 6.84. The van der Waals surface area contributed by atoms with Gasteiger partial charge in [-0.2, -0.15) is 0 Å². The van der Waals surface area contributed by atoms with Crippen LogP contribution >= 0.6 is 0 Å². The lowest BCUT2D eigenvalue weighted by Gasteiger charge is -2.16. The minimum absolute atomic E-state index is 0.824. The summed E-state index contributed by atoms with van der Waals surface area (Å²) in [7, 11) is 0. The molecular formula is C11H12N2O. The Balaban J connectivity index is 2.33. The molecule has 0 radical (unpaired) electrons. The van der Waals surface area contributed by atoms with E-state index in [4.69, 9.17) is 4.74 Å². The molecule has 3 heteroatoms. The van der Waals surface area contributed by atoms with Gasteiger partial charge in [0, 0.05) is 0 Å². The van der Waals surface area contributed by atoms with Gasteiger partial charge in [-0.15, -0.1) is 0 Å². The molecule has 3 rings (SSSR count). The Morgan fingerprint density at radius 2 is 2.36 bits per heavy atom. The molecule has 0 aliphatic carbocycles. The molecule has 2 aromatic rings.